The lowest BCUT2D eigenvalue weighted by Crippen LogP contribution is -2.35. The summed E-state index contributed by atoms with van der Waals surface area (Å²) < 4.78 is 0. The van der Waals surface area contributed by atoms with Crippen molar-refractivity contribution in [1.29, 1.82) is 0 Å². The van der Waals surface area contributed by atoms with Gasteiger partial charge in [-0.2, -0.15) is 0 Å². The van der Waals surface area contributed by atoms with Crippen LogP contribution in [-0.2, 0) is 14.4 Å². The van der Waals surface area contributed by atoms with E-state index in [0.717, 1.165) is 4.90 Å². The highest BCUT2D eigenvalue weighted by Gasteiger charge is 2.24. The van der Waals surface area contributed by atoms with Crippen molar-refractivity contribution in [2.45, 2.75) is 12.8 Å². The molecular formula is C9H12N2O3. The van der Waals surface area contributed by atoms with Gasteiger partial charge in [0.05, 0.1) is 6.54 Å². The van der Waals surface area contributed by atoms with E-state index in [1.54, 1.807) is 0 Å². The maximum Gasteiger partial charge on any atom is 0.254 e. The molecule has 1 aliphatic rings. The monoisotopic (exact) mass is 196 g/mol. The molecule has 2 amide bonds. The lowest BCUT2D eigenvalue weighted by atomic mass is 10.2. The molecule has 0 aromatic rings. The van der Waals surface area contributed by atoms with E-state index in [9.17, 15) is 14.4 Å². The summed E-state index contributed by atoms with van der Waals surface area (Å²) in [5.74, 6) is -0.979. The van der Waals surface area contributed by atoms with Crippen LogP contribution in [0, 0.1) is 0 Å². The van der Waals surface area contributed by atoms with Crippen LogP contribution in [0.3, 0.4) is 0 Å². The van der Waals surface area contributed by atoms with Gasteiger partial charge in [-0.3, -0.25) is 19.3 Å². The summed E-state index contributed by atoms with van der Waals surface area (Å²) in [6, 6.07) is 0. The topological polar surface area (TPSA) is 80.5 Å². The van der Waals surface area contributed by atoms with Gasteiger partial charge in [-0.15, -0.1) is 0 Å². The molecule has 0 atom stereocenters. The Labute approximate surface area is 81.5 Å². The van der Waals surface area contributed by atoms with Crippen molar-refractivity contribution in [1.82, 2.24) is 4.90 Å². The van der Waals surface area contributed by atoms with Gasteiger partial charge in [-0.25, -0.2) is 0 Å². The molecule has 1 aliphatic heterocycles. The number of rotatable bonds is 5. The maximum atomic E-state index is 11.2. The maximum absolute atomic E-state index is 11.2. The number of carbonyl (C=O) groups is 3. The van der Waals surface area contributed by atoms with Crippen LogP contribution >= 0.6 is 0 Å². The predicted molar refractivity (Wildman–Crippen MR) is 49.2 cm³/mol. The van der Waals surface area contributed by atoms with Crippen molar-refractivity contribution < 1.29 is 14.4 Å². The van der Waals surface area contributed by atoms with Gasteiger partial charge >= 0.3 is 0 Å². The number of imide groups is 1. The summed E-state index contributed by atoms with van der Waals surface area (Å²) in [7, 11) is 0. The quantitative estimate of drug-likeness (QED) is 0.585. The van der Waals surface area contributed by atoms with Gasteiger partial charge in [0.1, 0.15) is 0 Å². The summed E-state index contributed by atoms with van der Waals surface area (Å²) in [5, 5.41) is 0. The summed E-state index contributed by atoms with van der Waals surface area (Å²) in [5.41, 5.74) is 5.23. The second kappa shape index (κ2) is 4.66. The molecule has 0 aromatic carbocycles. The lowest BCUT2D eigenvalue weighted by molar-refractivity contribution is -0.140. The van der Waals surface area contributed by atoms with E-state index in [1.807, 2.05) is 0 Å². The third kappa shape index (κ3) is 2.50. The summed E-state index contributed by atoms with van der Waals surface area (Å²) >= 11 is 0. The normalized spacial score (nSPS) is 15.4. The van der Waals surface area contributed by atoms with E-state index in [4.69, 9.17) is 5.73 Å². The first-order valence-corrected chi connectivity index (χ1v) is 4.40. The minimum absolute atomic E-state index is 0.134. The average Bonchev–Trinajstić information content (AvgIpc) is 2.46. The molecule has 5 nitrogen and oxygen atoms in total. The molecule has 0 bridgehead atoms. The molecule has 2 N–H and O–H groups in total. The van der Waals surface area contributed by atoms with E-state index in [1.165, 1.54) is 12.2 Å². The van der Waals surface area contributed by atoms with Crippen LogP contribution in [0.5, 0.6) is 0 Å². The van der Waals surface area contributed by atoms with Crippen LogP contribution in [0.15, 0.2) is 12.2 Å². The number of carbonyl (C=O) groups excluding carboxylic acids is 3. The molecule has 0 aromatic heterocycles. The molecule has 5 heteroatoms. The Bertz CT molecular complexity index is 278. The number of nitrogens with zero attached hydrogens (tertiary/aromatic N) is 1. The Morgan fingerprint density at radius 1 is 1.29 bits per heavy atom. The molecule has 0 radical (unpaired) electrons. The fraction of sp³-hybridized carbons (Fsp3) is 0.444. The molecule has 1 heterocycles. The third-order valence-electron chi connectivity index (χ3n) is 1.89. The lowest BCUT2D eigenvalue weighted by Gasteiger charge is -2.11. The molecular weight excluding hydrogens is 184 g/mol. The number of Topliss-reactive ketones (excluding diaryl/α,β-unsaturated/α-hetero) is 1. The van der Waals surface area contributed by atoms with Gasteiger partial charge in [0.2, 0.25) is 0 Å². The van der Waals surface area contributed by atoms with Crippen LogP contribution in [-0.4, -0.2) is 35.6 Å². The highest BCUT2D eigenvalue weighted by atomic mass is 16.2. The Morgan fingerprint density at radius 2 is 1.86 bits per heavy atom. The summed E-state index contributed by atoms with van der Waals surface area (Å²) in [6.45, 7) is 0.302. The van der Waals surface area contributed by atoms with Crippen LogP contribution in [0.2, 0.25) is 0 Å². The van der Waals surface area contributed by atoms with Gasteiger partial charge in [0.25, 0.3) is 11.8 Å². The highest BCUT2D eigenvalue weighted by Crippen LogP contribution is 2.04. The zero-order valence-electron chi connectivity index (χ0n) is 7.73. The zero-order valence-corrected chi connectivity index (χ0v) is 7.73. The molecule has 76 valence electrons. The van der Waals surface area contributed by atoms with E-state index in [2.05, 4.69) is 0 Å². The number of hydrogen-bond donors (Lipinski definition) is 1. The molecule has 14 heavy (non-hydrogen) atoms. The van der Waals surface area contributed by atoms with Gasteiger partial charge < -0.3 is 5.73 Å². The van der Waals surface area contributed by atoms with E-state index < -0.39 is 11.8 Å². The number of amides is 2. The fourth-order valence-corrected chi connectivity index (χ4v) is 1.14. The van der Waals surface area contributed by atoms with Crippen molar-refractivity contribution in [3.8, 4) is 0 Å². The predicted octanol–water partition coefficient (Wildman–Crippen LogP) is -0.781. The van der Waals surface area contributed by atoms with Crippen molar-refractivity contribution in [3.05, 3.63) is 12.2 Å². The second-order valence-corrected chi connectivity index (χ2v) is 3.03. The Hall–Kier alpha value is -1.49. The fourth-order valence-electron chi connectivity index (χ4n) is 1.14. The first-order chi connectivity index (χ1) is 6.65. The van der Waals surface area contributed by atoms with E-state index in [0.29, 0.717) is 19.4 Å². The summed E-state index contributed by atoms with van der Waals surface area (Å²) in [4.78, 5) is 34.2. The van der Waals surface area contributed by atoms with Gasteiger partial charge in [0, 0.05) is 18.6 Å². The largest absolute Gasteiger partial charge is 0.330 e. The zero-order chi connectivity index (χ0) is 10.6. The first kappa shape index (κ1) is 10.6. The Kier molecular flexibility index (Phi) is 3.53. The molecule has 0 spiro atoms. The number of hydrogen-bond acceptors (Lipinski definition) is 4. The number of nitrogens with two attached hydrogens (primary N) is 1. The van der Waals surface area contributed by atoms with Gasteiger partial charge in [-0.05, 0) is 13.0 Å². The first-order valence-electron chi connectivity index (χ1n) is 4.40. The van der Waals surface area contributed by atoms with Crippen LogP contribution in [0.4, 0.5) is 0 Å². The standard InChI is InChI=1S/C9H12N2O3/c10-5-1-2-7(12)6-11-8(13)3-4-9(11)14/h3-4H,1-2,5-6,10H2. The smallest absolute Gasteiger partial charge is 0.254 e. The van der Waals surface area contributed by atoms with Crippen molar-refractivity contribution in [2.24, 2.45) is 5.73 Å². The van der Waals surface area contributed by atoms with Crippen LogP contribution in [0.25, 0.3) is 0 Å². The number of ketones is 1. The Morgan fingerprint density at radius 3 is 2.36 bits per heavy atom. The van der Waals surface area contributed by atoms with Crippen molar-refractivity contribution >= 4 is 17.6 Å². The molecule has 0 saturated carbocycles. The average molecular weight is 196 g/mol. The molecule has 0 saturated heterocycles. The minimum atomic E-state index is -0.420. The SMILES string of the molecule is NCCCC(=O)CN1C(=O)C=CC1=O. The van der Waals surface area contributed by atoms with Gasteiger partial charge in [-0.1, -0.05) is 0 Å². The third-order valence-corrected chi connectivity index (χ3v) is 1.89. The van der Waals surface area contributed by atoms with E-state index >= 15 is 0 Å². The molecule has 1 rings (SSSR count). The van der Waals surface area contributed by atoms with Crippen LogP contribution in [0.1, 0.15) is 12.8 Å². The Balaban J connectivity index is 2.41. The molecule has 0 fully saturated rings. The van der Waals surface area contributed by atoms with Crippen molar-refractivity contribution in [2.75, 3.05) is 13.1 Å². The molecule has 0 aliphatic carbocycles. The minimum Gasteiger partial charge on any atom is -0.330 e. The highest BCUT2D eigenvalue weighted by molar-refractivity contribution is 6.14. The van der Waals surface area contributed by atoms with E-state index in [-0.39, 0.29) is 12.3 Å². The molecule has 0 unspecified atom stereocenters. The summed E-state index contributed by atoms with van der Waals surface area (Å²) in [6.07, 6.45) is 3.23. The van der Waals surface area contributed by atoms with Gasteiger partial charge in [0.15, 0.2) is 5.78 Å². The van der Waals surface area contributed by atoms with Crippen LogP contribution < -0.4 is 5.73 Å². The van der Waals surface area contributed by atoms with Crippen molar-refractivity contribution in [3.63, 3.8) is 0 Å². The second-order valence-electron chi connectivity index (χ2n) is 3.03.